The molecule has 0 heterocycles. The number of rotatable bonds is 4. The fourth-order valence-corrected chi connectivity index (χ4v) is 3.06. The Bertz CT molecular complexity index is 472. The standard InChI is InChI=1S/C17H24ClNO/c1-12-7-8-14(11-15(12)18)9-10-17(20)19-16-6-4-3-5-13(16)2/h7-8,11,13,16H,3-6,9-10H2,1-2H3,(H,19,20)/t13-,16-/m1/s1. The molecular formula is C17H24ClNO. The molecule has 1 N–H and O–H groups in total. The molecule has 1 fully saturated rings. The zero-order valence-electron chi connectivity index (χ0n) is 12.4. The zero-order chi connectivity index (χ0) is 14.5. The zero-order valence-corrected chi connectivity index (χ0v) is 13.2. The highest BCUT2D eigenvalue weighted by atomic mass is 35.5. The van der Waals surface area contributed by atoms with Crippen LogP contribution in [0.3, 0.4) is 0 Å². The largest absolute Gasteiger partial charge is 0.353 e. The van der Waals surface area contributed by atoms with Crippen LogP contribution in [0.5, 0.6) is 0 Å². The van der Waals surface area contributed by atoms with Gasteiger partial charge in [-0.05, 0) is 49.3 Å². The van der Waals surface area contributed by atoms with Crippen molar-refractivity contribution >= 4 is 17.5 Å². The van der Waals surface area contributed by atoms with E-state index in [1.54, 1.807) is 0 Å². The van der Waals surface area contributed by atoms with Crippen LogP contribution in [0.25, 0.3) is 0 Å². The first-order chi connectivity index (χ1) is 9.56. The summed E-state index contributed by atoms with van der Waals surface area (Å²) < 4.78 is 0. The lowest BCUT2D eigenvalue weighted by atomic mass is 9.86. The van der Waals surface area contributed by atoms with Gasteiger partial charge in [-0.1, -0.05) is 43.5 Å². The second-order valence-corrected chi connectivity index (χ2v) is 6.43. The van der Waals surface area contributed by atoms with Crippen LogP contribution in [0.1, 0.15) is 50.2 Å². The predicted octanol–water partition coefficient (Wildman–Crippen LogP) is 4.28. The molecule has 1 aromatic rings. The molecule has 2 nitrogen and oxygen atoms in total. The smallest absolute Gasteiger partial charge is 0.220 e. The maximum absolute atomic E-state index is 12.0. The van der Waals surface area contributed by atoms with Crippen molar-refractivity contribution in [2.75, 3.05) is 0 Å². The van der Waals surface area contributed by atoms with E-state index in [1.165, 1.54) is 19.3 Å². The molecule has 1 aromatic carbocycles. The predicted molar refractivity (Wildman–Crippen MR) is 84.1 cm³/mol. The minimum absolute atomic E-state index is 0.167. The van der Waals surface area contributed by atoms with Gasteiger partial charge >= 0.3 is 0 Å². The van der Waals surface area contributed by atoms with Gasteiger partial charge in [0.2, 0.25) is 5.91 Å². The Kier molecular flexibility index (Phi) is 5.47. The summed E-state index contributed by atoms with van der Waals surface area (Å²) in [7, 11) is 0. The van der Waals surface area contributed by atoms with Gasteiger partial charge < -0.3 is 5.32 Å². The molecule has 1 amide bonds. The average Bonchev–Trinajstić information content (AvgIpc) is 2.43. The third-order valence-electron chi connectivity index (χ3n) is 4.33. The van der Waals surface area contributed by atoms with Crippen LogP contribution in [0.4, 0.5) is 0 Å². The van der Waals surface area contributed by atoms with Crippen molar-refractivity contribution in [1.29, 1.82) is 0 Å². The maximum Gasteiger partial charge on any atom is 0.220 e. The first-order valence-corrected chi connectivity index (χ1v) is 7.98. The van der Waals surface area contributed by atoms with Gasteiger partial charge in [0, 0.05) is 17.5 Å². The molecule has 1 aliphatic carbocycles. The molecule has 1 saturated carbocycles. The highest BCUT2D eigenvalue weighted by Gasteiger charge is 2.22. The second kappa shape index (κ2) is 7.12. The Morgan fingerprint density at radius 1 is 1.35 bits per heavy atom. The minimum atomic E-state index is 0.167. The number of carbonyl (C=O) groups is 1. The van der Waals surface area contributed by atoms with Crippen LogP contribution in [0, 0.1) is 12.8 Å². The summed E-state index contributed by atoms with van der Waals surface area (Å²) in [5.41, 5.74) is 2.21. The molecule has 110 valence electrons. The number of amides is 1. The van der Waals surface area contributed by atoms with Crippen molar-refractivity contribution in [3.63, 3.8) is 0 Å². The molecule has 2 atom stereocenters. The van der Waals surface area contributed by atoms with Crippen LogP contribution >= 0.6 is 11.6 Å². The topological polar surface area (TPSA) is 29.1 Å². The molecule has 0 radical (unpaired) electrons. The van der Waals surface area contributed by atoms with E-state index < -0.39 is 0 Å². The van der Waals surface area contributed by atoms with Gasteiger partial charge in [-0.3, -0.25) is 4.79 Å². The number of aryl methyl sites for hydroxylation is 2. The first kappa shape index (κ1) is 15.4. The normalized spacial score (nSPS) is 22.6. The Morgan fingerprint density at radius 3 is 2.80 bits per heavy atom. The van der Waals surface area contributed by atoms with Crippen molar-refractivity contribution in [2.24, 2.45) is 5.92 Å². The Balaban J connectivity index is 1.81. The highest BCUT2D eigenvalue weighted by Crippen LogP contribution is 2.24. The summed E-state index contributed by atoms with van der Waals surface area (Å²) in [4.78, 5) is 12.0. The summed E-state index contributed by atoms with van der Waals surface area (Å²) in [6.45, 7) is 4.23. The molecule has 1 aliphatic rings. The van der Waals surface area contributed by atoms with Crippen LogP contribution in [0.15, 0.2) is 18.2 Å². The first-order valence-electron chi connectivity index (χ1n) is 7.60. The van der Waals surface area contributed by atoms with E-state index in [9.17, 15) is 4.79 Å². The van der Waals surface area contributed by atoms with Crippen LogP contribution in [-0.2, 0) is 11.2 Å². The molecule has 0 spiro atoms. The fraction of sp³-hybridized carbons (Fsp3) is 0.588. The Morgan fingerprint density at radius 2 is 2.10 bits per heavy atom. The van der Waals surface area contributed by atoms with Crippen molar-refractivity contribution < 1.29 is 4.79 Å². The molecule has 3 heteroatoms. The van der Waals surface area contributed by atoms with Gasteiger partial charge in [0.05, 0.1) is 0 Å². The molecule has 0 saturated heterocycles. The summed E-state index contributed by atoms with van der Waals surface area (Å²) in [5.74, 6) is 0.780. The molecule has 2 rings (SSSR count). The van der Waals surface area contributed by atoms with Gasteiger partial charge in [0.15, 0.2) is 0 Å². The molecule has 0 unspecified atom stereocenters. The van der Waals surface area contributed by atoms with E-state index in [-0.39, 0.29) is 5.91 Å². The third-order valence-corrected chi connectivity index (χ3v) is 4.74. The van der Waals surface area contributed by atoms with Crippen LogP contribution in [0.2, 0.25) is 5.02 Å². The van der Waals surface area contributed by atoms with Crippen LogP contribution < -0.4 is 5.32 Å². The number of halogens is 1. The monoisotopic (exact) mass is 293 g/mol. The summed E-state index contributed by atoms with van der Waals surface area (Å²) in [5, 5.41) is 3.97. The highest BCUT2D eigenvalue weighted by molar-refractivity contribution is 6.31. The van der Waals surface area contributed by atoms with Crippen molar-refractivity contribution in [2.45, 2.75) is 58.4 Å². The molecule has 20 heavy (non-hydrogen) atoms. The van der Waals surface area contributed by atoms with E-state index in [4.69, 9.17) is 11.6 Å². The molecule has 0 bridgehead atoms. The van der Waals surface area contributed by atoms with E-state index in [2.05, 4.69) is 18.3 Å². The molecular weight excluding hydrogens is 270 g/mol. The van der Waals surface area contributed by atoms with Crippen molar-refractivity contribution in [1.82, 2.24) is 5.32 Å². The van der Waals surface area contributed by atoms with Crippen molar-refractivity contribution in [3.05, 3.63) is 34.3 Å². The summed E-state index contributed by atoms with van der Waals surface area (Å²) >= 11 is 6.10. The lowest BCUT2D eigenvalue weighted by Crippen LogP contribution is -2.41. The SMILES string of the molecule is Cc1ccc(CCC(=O)N[C@@H]2CCCC[C@H]2C)cc1Cl. The quantitative estimate of drug-likeness (QED) is 0.882. The Labute approximate surface area is 126 Å². The average molecular weight is 294 g/mol. The van der Waals surface area contributed by atoms with Gasteiger partial charge in [-0.15, -0.1) is 0 Å². The van der Waals surface area contributed by atoms with E-state index in [1.807, 2.05) is 19.1 Å². The van der Waals surface area contributed by atoms with Crippen LogP contribution in [-0.4, -0.2) is 11.9 Å². The summed E-state index contributed by atoms with van der Waals surface area (Å²) in [6, 6.07) is 6.40. The number of hydrogen-bond acceptors (Lipinski definition) is 1. The van der Waals surface area contributed by atoms with Gasteiger partial charge in [-0.2, -0.15) is 0 Å². The van der Waals surface area contributed by atoms with E-state index in [0.29, 0.717) is 18.4 Å². The maximum atomic E-state index is 12.0. The lowest BCUT2D eigenvalue weighted by molar-refractivity contribution is -0.122. The second-order valence-electron chi connectivity index (χ2n) is 6.02. The van der Waals surface area contributed by atoms with Crippen molar-refractivity contribution in [3.8, 4) is 0 Å². The number of hydrogen-bond donors (Lipinski definition) is 1. The van der Waals surface area contributed by atoms with Gasteiger partial charge in [0.25, 0.3) is 0 Å². The Hall–Kier alpha value is -1.02. The molecule has 0 aromatic heterocycles. The number of benzene rings is 1. The third kappa shape index (κ3) is 4.24. The van der Waals surface area contributed by atoms with Gasteiger partial charge in [0.1, 0.15) is 0 Å². The number of carbonyl (C=O) groups excluding carboxylic acids is 1. The number of nitrogens with one attached hydrogen (secondary N) is 1. The fourth-order valence-electron chi connectivity index (χ4n) is 2.86. The molecule has 0 aliphatic heterocycles. The summed E-state index contributed by atoms with van der Waals surface area (Å²) in [6.07, 6.45) is 6.20. The lowest BCUT2D eigenvalue weighted by Gasteiger charge is -2.29. The van der Waals surface area contributed by atoms with Gasteiger partial charge in [-0.25, -0.2) is 0 Å². The minimum Gasteiger partial charge on any atom is -0.353 e. The van der Waals surface area contributed by atoms with E-state index >= 15 is 0 Å². The van der Waals surface area contributed by atoms with E-state index in [0.717, 1.165) is 29.0 Å².